The van der Waals surface area contributed by atoms with Crippen molar-refractivity contribution in [2.24, 2.45) is 5.92 Å². The maximum atomic E-state index is 12.5. The van der Waals surface area contributed by atoms with Gasteiger partial charge in [0, 0.05) is 38.1 Å². The van der Waals surface area contributed by atoms with Gasteiger partial charge in [-0.2, -0.15) is 0 Å². The molecule has 0 spiro atoms. The number of amides is 2. The maximum absolute atomic E-state index is 12.5. The second-order valence-corrected chi connectivity index (χ2v) is 6.98. The van der Waals surface area contributed by atoms with E-state index in [1.807, 2.05) is 0 Å². The van der Waals surface area contributed by atoms with Crippen molar-refractivity contribution in [3.8, 4) is 0 Å². The number of aromatic nitrogens is 1. The van der Waals surface area contributed by atoms with Crippen LogP contribution in [0.5, 0.6) is 0 Å². The van der Waals surface area contributed by atoms with Gasteiger partial charge in [-0.25, -0.2) is 9.78 Å². The molecule has 2 rings (SSSR count). The summed E-state index contributed by atoms with van der Waals surface area (Å²) in [5.74, 6) is 0.556. The molecule has 0 aliphatic carbocycles. The van der Waals surface area contributed by atoms with Crippen LogP contribution in [0.3, 0.4) is 0 Å². The lowest BCUT2D eigenvalue weighted by atomic mass is 10.1. The average molecular weight is 354 g/mol. The first kappa shape index (κ1) is 18.5. The highest BCUT2D eigenvalue weighted by molar-refractivity contribution is 7.13. The molecule has 1 aliphatic heterocycles. The Morgan fingerprint density at radius 2 is 1.96 bits per heavy atom. The number of thiazole rings is 1. The van der Waals surface area contributed by atoms with E-state index >= 15 is 0 Å². The molecule has 134 valence electrons. The Labute approximate surface area is 147 Å². The van der Waals surface area contributed by atoms with E-state index in [0.29, 0.717) is 44.4 Å². The van der Waals surface area contributed by atoms with Crippen molar-refractivity contribution in [1.29, 1.82) is 0 Å². The lowest BCUT2D eigenvalue weighted by Crippen LogP contribution is -2.50. The van der Waals surface area contributed by atoms with Gasteiger partial charge in [0.1, 0.15) is 5.69 Å². The smallest absolute Gasteiger partial charge is 0.409 e. The Kier molecular flexibility index (Phi) is 6.84. The topological polar surface area (TPSA) is 74.8 Å². The van der Waals surface area contributed by atoms with Gasteiger partial charge in [0.15, 0.2) is 5.13 Å². The third kappa shape index (κ3) is 5.09. The standard InChI is InChI=1S/C16H26N4O3S/c1-4-23-16(22)20-9-7-19(8-10-20)14(21)13-11-24-15(18-13)17-6-5-12(2)3/h11-12H,4-10H2,1-3H3,(H,17,18). The molecule has 1 fully saturated rings. The summed E-state index contributed by atoms with van der Waals surface area (Å²) in [6.45, 7) is 9.36. The van der Waals surface area contributed by atoms with E-state index in [-0.39, 0.29) is 12.0 Å². The van der Waals surface area contributed by atoms with Gasteiger partial charge in [0.05, 0.1) is 6.61 Å². The first-order valence-electron chi connectivity index (χ1n) is 8.41. The minimum atomic E-state index is -0.310. The Hall–Kier alpha value is -1.83. The maximum Gasteiger partial charge on any atom is 0.409 e. The van der Waals surface area contributed by atoms with Gasteiger partial charge in [-0.1, -0.05) is 13.8 Å². The SMILES string of the molecule is CCOC(=O)N1CCN(C(=O)c2csc(NCCC(C)C)n2)CC1. The third-order valence-corrected chi connectivity index (χ3v) is 4.61. The quantitative estimate of drug-likeness (QED) is 0.850. The van der Waals surface area contributed by atoms with E-state index in [9.17, 15) is 9.59 Å². The van der Waals surface area contributed by atoms with Crippen LogP contribution in [-0.2, 0) is 4.74 Å². The van der Waals surface area contributed by atoms with E-state index in [1.54, 1.807) is 22.1 Å². The van der Waals surface area contributed by atoms with Crippen LogP contribution in [0, 0.1) is 5.92 Å². The van der Waals surface area contributed by atoms with Gasteiger partial charge in [0.25, 0.3) is 5.91 Å². The highest BCUT2D eigenvalue weighted by Crippen LogP contribution is 2.18. The summed E-state index contributed by atoms with van der Waals surface area (Å²) in [4.78, 5) is 31.9. The summed E-state index contributed by atoms with van der Waals surface area (Å²) < 4.78 is 4.98. The van der Waals surface area contributed by atoms with E-state index in [4.69, 9.17) is 4.74 Å². The van der Waals surface area contributed by atoms with Gasteiger partial charge in [0.2, 0.25) is 0 Å². The van der Waals surface area contributed by atoms with Crippen molar-refractivity contribution < 1.29 is 14.3 Å². The molecule has 24 heavy (non-hydrogen) atoms. The van der Waals surface area contributed by atoms with Gasteiger partial charge in [-0.05, 0) is 19.3 Å². The van der Waals surface area contributed by atoms with Crippen LogP contribution in [-0.4, -0.2) is 66.1 Å². The second kappa shape index (κ2) is 8.86. The van der Waals surface area contributed by atoms with Gasteiger partial charge >= 0.3 is 6.09 Å². The van der Waals surface area contributed by atoms with E-state index < -0.39 is 0 Å². The third-order valence-electron chi connectivity index (χ3n) is 3.81. The fourth-order valence-corrected chi connectivity index (χ4v) is 3.10. The number of nitrogens with zero attached hydrogens (tertiary/aromatic N) is 3. The van der Waals surface area contributed by atoms with Crippen LogP contribution in [0.1, 0.15) is 37.7 Å². The predicted octanol–water partition coefficient (Wildman–Crippen LogP) is 2.52. The lowest BCUT2D eigenvalue weighted by molar-refractivity contribution is 0.0566. The summed E-state index contributed by atoms with van der Waals surface area (Å²) in [5.41, 5.74) is 0.469. The minimum absolute atomic E-state index is 0.0772. The summed E-state index contributed by atoms with van der Waals surface area (Å²) in [6, 6.07) is 0. The fourth-order valence-electron chi connectivity index (χ4n) is 2.39. The molecule has 1 aromatic rings. The van der Waals surface area contributed by atoms with Crippen molar-refractivity contribution in [1.82, 2.24) is 14.8 Å². The van der Waals surface area contributed by atoms with E-state index in [1.165, 1.54) is 11.3 Å². The van der Waals surface area contributed by atoms with Crippen LogP contribution in [0.15, 0.2) is 5.38 Å². The highest BCUT2D eigenvalue weighted by atomic mass is 32.1. The zero-order valence-corrected chi connectivity index (χ0v) is 15.4. The number of anilines is 1. The zero-order chi connectivity index (χ0) is 17.5. The van der Waals surface area contributed by atoms with Gasteiger partial charge < -0.3 is 19.9 Å². The first-order chi connectivity index (χ1) is 11.5. The molecule has 0 bridgehead atoms. The Morgan fingerprint density at radius 1 is 1.29 bits per heavy atom. The van der Waals surface area contributed by atoms with Crippen LogP contribution >= 0.6 is 11.3 Å². The molecule has 0 aromatic carbocycles. The normalized spacial score (nSPS) is 14.8. The molecule has 7 nitrogen and oxygen atoms in total. The Balaban J connectivity index is 1.82. The van der Waals surface area contributed by atoms with Crippen molar-refractivity contribution >= 4 is 28.5 Å². The molecule has 1 aromatic heterocycles. The van der Waals surface area contributed by atoms with Crippen molar-refractivity contribution in [3.05, 3.63) is 11.1 Å². The number of hydrogen-bond acceptors (Lipinski definition) is 6. The molecule has 0 radical (unpaired) electrons. The van der Waals surface area contributed by atoms with Crippen LogP contribution in [0.2, 0.25) is 0 Å². The number of ether oxygens (including phenoxy) is 1. The molecule has 0 unspecified atom stereocenters. The summed E-state index contributed by atoms with van der Waals surface area (Å²) in [7, 11) is 0. The number of hydrogen-bond donors (Lipinski definition) is 1. The molecule has 1 N–H and O–H groups in total. The molecule has 2 amide bonds. The molecule has 2 heterocycles. The second-order valence-electron chi connectivity index (χ2n) is 6.13. The number of carbonyl (C=O) groups excluding carboxylic acids is 2. The van der Waals surface area contributed by atoms with E-state index in [2.05, 4.69) is 24.1 Å². The number of nitrogens with one attached hydrogen (secondary N) is 1. The summed E-state index contributed by atoms with van der Waals surface area (Å²) in [5, 5.41) is 5.83. The first-order valence-corrected chi connectivity index (χ1v) is 9.29. The molecule has 0 atom stereocenters. The Bertz CT molecular complexity index is 553. The summed E-state index contributed by atoms with van der Waals surface area (Å²) in [6.07, 6.45) is 0.758. The Morgan fingerprint density at radius 3 is 2.58 bits per heavy atom. The lowest BCUT2D eigenvalue weighted by Gasteiger charge is -2.33. The van der Waals surface area contributed by atoms with Crippen LogP contribution in [0.4, 0.5) is 9.93 Å². The minimum Gasteiger partial charge on any atom is -0.450 e. The molecule has 0 saturated carbocycles. The average Bonchev–Trinajstić information content (AvgIpc) is 3.03. The van der Waals surface area contributed by atoms with Crippen LogP contribution in [0.25, 0.3) is 0 Å². The number of piperazine rings is 1. The van der Waals surface area contributed by atoms with Crippen LogP contribution < -0.4 is 5.32 Å². The molecular formula is C16H26N4O3S. The summed E-state index contributed by atoms with van der Waals surface area (Å²) >= 11 is 1.45. The van der Waals surface area contributed by atoms with Gasteiger partial charge in [-0.15, -0.1) is 11.3 Å². The van der Waals surface area contributed by atoms with Crippen molar-refractivity contribution in [3.63, 3.8) is 0 Å². The van der Waals surface area contributed by atoms with E-state index in [0.717, 1.165) is 18.1 Å². The monoisotopic (exact) mass is 354 g/mol. The number of carbonyl (C=O) groups is 2. The molecule has 1 saturated heterocycles. The fraction of sp³-hybridized carbons (Fsp3) is 0.688. The highest BCUT2D eigenvalue weighted by Gasteiger charge is 2.26. The largest absolute Gasteiger partial charge is 0.450 e. The molecule has 8 heteroatoms. The molecule has 1 aliphatic rings. The van der Waals surface area contributed by atoms with Crippen molar-refractivity contribution in [2.45, 2.75) is 27.2 Å². The van der Waals surface area contributed by atoms with Gasteiger partial charge in [-0.3, -0.25) is 4.79 Å². The zero-order valence-electron chi connectivity index (χ0n) is 14.6. The molecular weight excluding hydrogens is 328 g/mol. The number of rotatable bonds is 6. The predicted molar refractivity (Wildman–Crippen MR) is 94.6 cm³/mol. The van der Waals surface area contributed by atoms with Crippen molar-refractivity contribution in [2.75, 3.05) is 44.6 Å².